The highest BCUT2D eigenvalue weighted by molar-refractivity contribution is 5.84. The molecule has 1 saturated carbocycles. The average Bonchev–Trinajstić information content (AvgIpc) is 2.47. The minimum Gasteiger partial charge on any atom is -0.396 e. The van der Waals surface area contributed by atoms with E-state index in [2.05, 4.69) is 5.32 Å². The molecule has 0 aliphatic heterocycles. The lowest BCUT2D eigenvalue weighted by Crippen LogP contribution is -2.54. The number of nitrogens with two attached hydrogens (primary N) is 1. The molecule has 1 fully saturated rings. The average molecular weight is 228 g/mol. The van der Waals surface area contributed by atoms with Crippen molar-refractivity contribution in [2.75, 3.05) is 6.61 Å². The lowest BCUT2D eigenvalue weighted by molar-refractivity contribution is -0.132. The van der Waals surface area contributed by atoms with Crippen LogP contribution in [-0.2, 0) is 4.79 Å². The van der Waals surface area contributed by atoms with Crippen LogP contribution in [0.25, 0.3) is 0 Å². The Bertz CT molecular complexity index is 266. The van der Waals surface area contributed by atoms with Crippen molar-refractivity contribution in [1.82, 2.24) is 5.32 Å². The number of carbonyl (C=O) groups is 1. The predicted molar refractivity (Wildman–Crippen MR) is 63.9 cm³/mol. The van der Waals surface area contributed by atoms with E-state index in [1.165, 1.54) is 0 Å². The van der Waals surface area contributed by atoms with Crippen molar-refractivity contribution in [3.63, 3.8) is 0 Å². The van der Waals surface area contributed by atoms with Crippen LogP contribution in [-0.4, -0.2) is 29.2 Å². The van der Waals surface area contributed by atoms with E-state index in [0.717, 1.165) is 19.3 Å². The van der Waals surface area contributed by atoms with Gasteiger partial charge in [-0.3, -0.25) is 4.79 Å². The van der Waals surface area contributed by atoms with Gasteiger partial charge in [0, 0.05) is 18.2 Å². The van der Waals surface area contributed by atoms with Gasteiger partial charge in [0.15, 0.2) is 0 Å². The molecule has 0 radical (unpaired) electrons. The fourth-order valence-corrected chi connectivity index (χ4v) is 2.27. The Hall–Kier alpha value is -0.610. The summed E-state index contributed by atoms with van der Waals surface area (Å²) in [6, 6.07) is -0.0440. The quantitative estimate of drug-likeness (QED) is 0.665. The van der Waals surface area contributed by atoms with Gasteiger partial charge in [0.25, 0.3) is 0 Å². The molecule has 2 unspecified atom stereocenters. The summed E-state index contributed by atoms with van der Waals surface area (Å²) < 4.78 is 0. The second-order valence-corrected chi connectivity index (χ2v) is 5.73. The van der Waals surface area contributed by atoms with Crippen molar-refractivity contribution in [3.8, 4) is 0 Å². The fourth-order valence-electron chi connectivity index (χ4n) is 2.27. The van der Waals surface area contributed by atoms with E-state index in [4.69, 9.17) is 10.8 Å². The zero-order chi connectivity index (χ0) is 12.4. The van der Waals surface area contributed by atoms with Gasteiger partial charge in [-0.2, -0.15) is 0 Å². The van der Waals surface area contributed by atoms with Gasteiger partial charge in [-0.15, -0.1) is 0 Å². The highest BCUT2D eigenvalue weighted by Gasteiger charge is 2.44. The van der Waals surface area contributed by atoms with E-state index < -0.39 is 5.41 Å². The monoisotopic (exact) mass is 228 g/mol. The molecular weight excluding hydrogens is 204 g/mol. The van der Waals surface area contributed by atoms with Crippen LogP contribution < -0.4 is 11.1 Å². The molecule has 1 aliphatic carbocycles. The van der Waals surface area contributed by atoms with Crippen LogP contribution in [0.3, 0.4) is 0 Å². The number of rotatable bonds is 4. The zero-order valence-corrected chi connectivity index (χ0v) is 10.5. The Kier molecular flexibility index (Phi) is 3.97. The first-order valence-electron chi connectivity index (χ1n) is 6.01. The summed E-state index contributed by atoms with van der Waals surface area (Å²) in [5.41, 5.74) is 5.20. The molecule has 94 valence electrons. The molecule has 0 aromatic carbocycles. The van der Waals surface area contributed by atoms with Crippen molar-refractivity contribution in [2.45, 2.75) is 58.0 Å². The van der Waals surface area contributed by atoms with Crippen LogP contribution in [0.4, 0.5) is 0 Å². The third-order valence-corrected chi connectivity index (χ3v) is 3.74. The fraction of sp³-hybridized carbons (Fsp3) is 0.917. The largest absolute Gasteiger partial charge is 0.396 e. The topological polar surface area (TPSA) is 75.3 Å². The van der Waals surface area contributed by atoms with Crippen molar-refractivity contribution in [2.24, 2.45) is 11.1 Å². The molecule has 0 saturated heterocycles. The normalized spacial score (nSPS) is 30.4. The SMILES string of the molecule is CC(C)(CCO)NC(=O)C1(C)CCCC1N. The van der Waals surface area contributed by atoms with Crippen molar-refractivity contribution in [3.05, 3.63) is 0 Å². The molecule has 4 N–H and O–H groups in total. The van der Waals surface area contributed by atoms with Gasteiger partial charge in [-0.25, -0.2) is 0 Å². The number of carbonyl (C=O) groups excluding carboxylic acids is 1. The van der Waals surface area contributed by atoms with E-state index in [-0.39, 0.29) is 24.1 Å². The van der Waals surface area contributed by atoms with Gasteiger partial charge >= 0.3 is 0 Å². The summed E-state index contributed by atoms with van der Waals surface area (Å²) in [5.74, 6) is 0.0240. The van der Waals surface area contributed by atoms with Crippen molar-refractivity contribution < 1.29 is 9.90 Å². The van der Waals surface area contributed by atoms with Gasteiger partial charge in [0.2, 0.25) is 5.91 Å². The van der Waals surface area contributed by atoms with Gasteiger partial charge < -0.3 is 16.2 Å². The number of nitrogens with one attached hydrogen (secondary N) is 1. The summed E-state index contributed by atoms with van der Waals surface area (Å²) in [6.45, 7) is 5.86. The minimum atomic E-state index is -0.438. The Labute approximate surface area is 97.6 Å². The van der Waals surface area contributed by atoms with E-state index in [9.17, 15) is 4.79 Å². The molecule has 1 rings (SSSR count). The third-order valence-electron chi connectivity index (χ3n) is 3.74. The molecule has 0 bridgehead atoms. The van der Waals surface area contributed by atoms with Crippen LogP contribution in [0.2, 0.25) is 0 Å². The number of aliphatic hydroxyl groups excluding tert-OH is 1. The molecule has 4 nitrogen and oxygen atoms in total. The Morgan fingerprint density at radius 2 is 2.25 bits per heavy atom. The van der Waals surface area contributed by atoms with Crippen LogP contribution in [0, 0.1) is 5.41 Å². The molecule has 1 amide bonds. The second kappa shape index (κ2) is 4.72. The first kappa shape index (κ1) is 13.5. The first-order chi connectivity index (χ1) is 7.32. The van der Waals surface area contributed by atoms with Crippen LogP contribution in [0.1, 0.15) is 46.5 Å². The molecule has 1 aliphatic rings. The van der Waals surface area contributed by atoms with Crippen LogP contribution >= 0.6 is 0 Å². The number of hydrogen-bond acceptors (Lipinski definition) is 3. The molecule has 2 atom stereocenters. The lowest BCUT2D eigenvalue weighted by atomic mass is 9.83. The van der Waals surface area contributed by atoms with E-state index >= 15 is 0 Å². The third kappa shape index (κ3) is 2.74. The van der Waals surface area contributed by atoms with Crippen LogP contribution in [0.15, 0.2) is 0 Å². The number of amides is 1. The second-order valence-electron chi connectivity index (χ2n) is 5.73. The van der Waals surface area contributed by atoms with Crippen LogP contribution in [0.5, 0.6) is 0 Å². The molecule has 0 heterocycles. The van der Waals surface area contributed by atoms with E-state index in [1.54, 1.807) is 0 Å². The molecule has 16 heavy (non-hydrogen) atoms. The summed E-state index contributed by atoms with van der Waals surface area (Å²) >= 11 is 0. The summed E-state index contributed by atoms with van der Waals surface area (Å²) in [7, 11) is 0. The molecule has 4 heteroatoms. The minimum absolute atomic E-state index is 0.0240. The maximum absolute atomic E-state index is 12.2. The molecule has 0 aromatic heterocycles. The van der Waals surface area contributed by atoms with Crippen molar-refractivity contribution in [1.29, 1.82) is 0 Å². The van der Waals surface area contributed by atoms with E-state index in [1.807, 2.05) is 20.8 Å². The highest BCUT2D eigenvalue weighted by atomic mass is 16.3. The van der Waals surface area contributed by atoms with Gasteiger partial charge in [0.05, 0.1) is 5.41 Å². The van der Waals surface area contributed by atoms with Gasteiger partial charge in [0.1, 0.15) is 0 Å². The lowest BCUT2D eigenvalue weighted by Gasteiger charge is -2.33. The molecule has 0 spiro atoms. The predicted octanol–water partition coefficient (Wildman–Crippen LogP) is 0.781. The smallest absolute Gasteiger partial charge is 0.227 e. The number of aliphatic hydroxyl groups is 1. The first-order valence-corrected chi connectivity index (χ1v) is 6.01. The summed E-state index contributed by atoms with van der Waals surface area (Å²) in [6.07, 6.45) is 3.36. The summed E-state index contributed by atoms with van der Waals surface area (Å²) in [5, 5.41) is 11.9. The number of hydrogen-bond donors (Lipinski definition) is 3. The van der Waals surface area contributed by atoms with Gasteiger partial charge in [-0.05, 0) is 40.0 Å². The maximum Gasteiger partial charge on any atom is 0.227 e. The zero-order valence-electron chi connectivity index (χ0n) is 10.5. The van der Waals surface area contributed by atoms with Crippen molar-refractivity contribution >= 4 is 5.91 Å². The van der Waals surface area contributed by atoms with E-state index in [0.29, 0.717) is 6.42 Å². The molecule has 0 aromatic rings. The summed E-state index contributed by atoms with van der Waals surface area (Å²) in [4.78, 5) is 12.2. The highest BCUT2D eigenvalue weighted by Crippen LogP contribution is 2.37. The standard InChI is InChI=1S/C12H24N2O2/c1-11(2,7-8-15)14-10(16)12(3)6-4-5-9(12)13/h9,15H,4-8,13H2,1-3H3,(H,14,16). The Morgan fingerprint density at radius 3 is 2.69 bits per heavy atom. The Morgan fingerprint density at radius 1 is 1.62 bits per heavy atom. The molecular formula is C12H24N2O2. The van der Waals surface area contributed by atoms with Gasteiger partial charge in [-0.1, -0.05) is 6.42 Å². The Balaban J connectivity index is 2.64. The maximum atomic E-state index is 12.2.